The molecule has 1 aromatic rings. The molecule has 78 valence electrons. The molecule has 0 saturated heterocycles. The van der Waals surface area contributed by atoms with Crippen LogP contribution >= 0.6 is 0 Å². The molecule has 15 heavy (non-hydrogen) atoms. The van der Waals surface area contributed by atoms with Gasteiger partial charge in [0.15, 0.2) is 0 Å². The second-order valence-corrected chi connectivity index (χ2v) is 4.62. The lowest BCUT2D eigenvalue weighted by atomic mass is 10.0. The summed E-state index contributed by atoms with van der Waals surface area (Å²) < 4.78 is 5.97. The Hall–Kier alpha value is -1.08. The molecule has 3 rings (SSSR count). The lowest BCUT2D eigenvalue weighted by Crippen LogP contribution is -2.17. The molecule has 1 heteroatoms. The molecule has 3 atom stereocenters. The standard InChI is InChI=1S/C14H16O/c1-2-4-11(5-3-1)10-15-14-9-12-6-7-13(14)8-12/h1-7,12-14H,8-10H2/t12-,13+,14-/m0/s1. The summed E-state index contributed by atoms with van der Waals surface area (Å²) in [7, 11) is 0. The van der Waals surface area contributed by atoms with Crippen molar-refractivity contribution in [2.24, 2.45) is 11.8 Å². The van der Waals surface area contributed by atoms with Crippen LogP contribution in [0.2, 0.25) is 0 Å². The number of rotatable bonds is 3. The Bertz CT molecular complexity index is 355. The maximum absolute atomic E-state index is 5.97. The van der Waals surface area contributed by atoms with Gasteiger partial charge in [0, 0.05) is 5.92 Å². The van der Waals surface area contributed by atoms with Crippen LogP contribution in [-0.4, -0.2) is 6.10 Å². The maximum atomic E-state index is 5.97. The lowest BCUT2D eigenvalue weighted by Gasteiger charge is -2.18. The number of hydrogen-bond donors (Lipinski definition) is 0. The molecule has 1 fully saturated rings. The number of ether oxygens (including phenoxy) is 1. The Morgan fingerprint density at radius 2 is 1.93 bits per heavy atom. The summed E-state index contributed by atoms with van der Waals surface area (Å²) in [5.41, 5.74) is 1.28. The largest absolute Gasteiger partial charge is 0.373 e. The predicted octanol–water partition coefficient (Wildman–Crippen LogP) is 3.17. The molecule has 0 spiro atoms. The zero-order chi connectivity index (χ0) is 10.1. The van der Waals surface area contributed by atoms with Crippen LogP contribution in [0.4, 0.5) is 0 Å². The average Bonchev–Trinajstić information content (AvgIpc) is 2.89. The van der Waals surface area contributed by atoms with E-state index in [1.165, 1.54) is 18.4 Å². The van der Waals surface area contributed by atoms with Crippen molar-refractivity contribution in [2.75, 3.05) is 0 Å². The maximum Gasteiger partial charge on any atom is 0.0720 e. The predicted molar refractivity (Wildman–Crippen MR) is 60.4 cm³/mol. The van der Waals surface area contributed by atoms with Crippen LogP contribution in [-0.2, 0) is 11.3 Å². The molecule has 0 aromatic heterocycles. The van der Waals surface area contributed by atoms with Crippen LogP contribution in [0.3, 0.4) is 0 Å². The van der Waals surface area contributed by atoms with Crippen molar-refractivity contribution in [1.82, 2.24) is 0 Å². The van der Waals surface area contributed by atoms with Gasteiger partial charge in [-0.1, -0.05) is 42.5 Å². The van der Waals surface area contributed by atoms with Crippen LogP contribution in [0.1, 0.15) is 18.4 Å². The number of benzene rings is 1. The van der Waals surface area contributed by atoms with Crippen molar-refractivity contribution in [3.8, 4) is 0 Å². The van der Waals surface area contributed by atoms with Gasteiger partial charge in [-0.3, -0.25) is 0 Å². The minimum absolute atomic E-state index is 0.472. The molecular weight excluding hydrogens is 184 g/mol. The first-order valence-corrected chi connectivity index (χ1v) is 5.75. The van der Waals surface area contributed by atoms with Gasteiger partial charge in [-0.15, -0.1) is 0 Å². The minimum atomic E-state index is 0.472. The fraction of sp³-hybridized carbons (Fsp3) is 0.429. The van der Waals surface area contributed by atoms with Gasteiger partial charge >= 0.3 is 0 Å². The van der Waals surface area contributed by atoms with E-state index in [4.69, 9.17) is 4.74 Å². The van der Waals surface area contributed by atoms with Gasteiger partial charge < -0.3 is 4.74 Å². The Balaban J connectivity index is 1.57. The van der Waals surface area contributed by atoms with Crippen LogP contribution < -0.4 is 0 Å². The highest BCUT2D eigenvalue weighted by Gasteiger charge is 2.36. The summed E-state index contributed by atoms with van der Waals surface area (Å²) in [6, 6.07) is 10.4. The van der Waals surface area contributed by atoms with Gasteiger partial charge in [0.2, 0.25) is 0 Å². The van der Waals surface area contributed by atoms with Crippen LogP contribution in [0, 0.1) is 11.8 Å². The first-order chi connectivity index (χ1) is 7.42. The van der Waals surface area contributed by atoms with E-state index in [2.05, 4.69) is 36.4 Å². The molecule has 0 radical (unpaired) electrons. The van der Waals surface area contributed by atoms with Crippen molar-refractivity contribution in [3.05, 3.63) is 48.0 Å². The van der Waals surface area contributed by atoms with Gasteiger partial charge in [0.05, 0.1) is 12.7 Å². The van der Waals surface area contributed by atoms with Crippen LogP contribution in [0.5, 0.6) is 0 Å². The number of allylic oxidation sites excluding steroid dienone is 1. The SMILES string of the molecule is C1=C[C@@H]2C[C@H]1C[C@@H]2OCc1ccccc1. The molecule has 2 aliphatic carbocycles. The quantitative estimate of drug-likeness (QED) is 0.681. The third kappa shape index (κ3) is 1.84. The topological polar surface area (TPSA) is 9.23 Å². The van der Waals surface area contributed by atoms with Crippen molar-refractivity contribution in [3.63, 3.8) is 0 Å². The molecule has 0 N–H and O–H groups in total. The highest BCUT2D eigenvalue weighted by Crippen LogP contribution is 2.40. The summed E-state index contributed by atoms with van der Waals surface area (Å²) in [5, 5.41) is 0. The van der Waals surface area contributed by atoms with Gasteiger partial charge in [-0.05, 0) is 24.3 Å². The molecule has 1 aromatic carbocycles. The van der Waals surface area contributed by atoms with Crippen molar-refractivity contribution in [2.45, 2.75) is 25.6 Å². The van der Waals surface area contributed by atoms with E-state index in [1.807, 2.05) is 6.07 Å². The first-order valence-electron chi connectivity index (χ1n) is 5.75. The smallest absolute Gasteiger partial charge is 0.0720 e. The third-order valence-electron chi connectivity index (χ3n) is 3.52. The summed E-state index contributed by atoms with van der Waals surface area (Å²) in [4.78, 5) is 0. The van der Waals surface area contributed by atoms with Gasteiger partial charge in [0.25, 0.3) is 0 Å². The van der Waals surface area contributed by atoms with E-state index in [0.717, 1.165) is 12.5 Å². The third-order valence-corrected chi connectivity index (χ3v) is 3.52. The van der Waals surface area contributed by atoms with E-state index >= 15 is 0 Å². The number of fused-ring (bicyclic) bond motifs is 2. The molecule has 2 bridgehead atoms. The molecule has 0 heterocycles. The van der Waals surface area contributed by atoms with Crippen LogP contribution in [0.25, 0.3) is 0 Å². The average molecular weight is 200 g/mol. The Morgan fingerprint density at radius 3 is 2.60 bits per heavy atom. The molecule has 0 aliphatic heterocycles. The normalized spacial score (nSPS) is 32.4. The zero-order valence-corrected chi connectivity index (χ0v) is 8.80. The molecular formula is C14H16O. The Morgan fingerprint density at radius 1 is 1.07 bits per heavy atom. The highest BCUT2D eigenvalue weighted by molar-refractivity contribution is 5.14. The van der Waals surface area contributed by atoms with E-state index < -0.39 is 0 Å². The fourth-order valence-electron chi connectivity index (χ4n) is 2.70. The molecule has 0 amide bonds. The van der Waals surface area contributed by atoms with E-state index in [9.17, 15) is 0 Å². The Kier molecular flexibility index (Phi) is 2.34. The number of hydrogen-bond acceptors (Lipinski definition) is 1. The summed E-state index contributed by atoms with van der Waals surface area (Å²) >= 11 is 0. The summed E-state index contributed by atoms with van der Waals surface area (Å²) in [6.07, 6.45) is 7.71. The van der Waals surface area contributed by atoms with Gasteiger partial charge in [-0.25, -0.2) is 0 Å². The lowest BCUT2D eigenvalue weighted by molar-refractivity contribution is 0.0245. The summed E-state index contributed by atoms with van der Waals surface area (Å²) in [5.74, 6) is 1.49. The van der Waals surface area contributed by atoms with E-state index in [0.29, 0.717) is 12.0 Å². The first kappa shape index (κ1) is 9.17. The highest BCUT2D eigenvalue weighted by atomic mass is 16.5. The monoisotopic (exact) mass is 200 g/mol. The van der Waals surface area contributed by atoms with Gasteiger partial charge in [-0.2, -0.15) is 0 Å². The molecule has 1 saturated carbocycles. The van der Waals surface area contributed by atoms with Crippen molar-refractivity contribution < 1.29 is 4.74 Å². The second kappa shape index (κ2) is 3.82. The van der Waals surface area contributed by atoms with Crippen LogP contribution in [0.15, 0.2) is 42.5 Å². The van der Waals surface area contributed by atoms with Crippen molar-refractivity contribution >= 4 is 0 Å². The minimum Gasteiger partial charge on any atom is -0.373 e. The second-order valence-electron chi connectivity index (χ2n) is 4.62. The molecule has 1 nitrogen and oxygen atoms in total. The molecule has 0 unspecified atom stereocenters. The fourth-order valence-corrected chi connectivity index (χ4v) is 2.70. The summed E-state index contributed by atoms with van der Waals surface area (Å²) in [6.45, 7) is 0.766. The zero-order valence-electron chi connectivity index (χ0n) is 8.80. The Labute approximate surface area is 90.8 Å². The van der Waals surface area contributed by atoms with Crippen molar-refractivity contribution in [1.29, 1.82) is 0 Å². The van der Waals surface area contributed by atoms with Gasteiger partial charge in [0.1, 0.15) is 0 Å². The van der Waals surface area contributed by atoms with E-state index in [-0.39, 0.29) is 0 Å². The molecule has 2 aliphatic rings. The van der Waals surface area contributed by atoms with E-state index in [1.54, 1.807) is 0 Å².